The molecule has 1 amide bonds. The van der Waals surface area contributed by atoms with Crippen LogP contribution in [-0.4, -0.2) is 28.0 Å². The van der Waals surface area contributed by atoms with Gasteiger partial charge in [-0.1, -0.05) is 42.5 Å². The summed E-state index contributed by atoms with van der Waals surface area (Å²) in [6.45, 7) is 3.78. The van der Waals surface area contributed by atoms with E-state index < -0.39 is 17.7 Å². The number of aliphatic hydroxyl groups excluding tert-OH is 1. The molecule has 0 saturated carbocycles. The van der Waals surface area contributed by atoms with Crippen LogP contribution >= 0.6 is 0 Å². The number of rotatable bonds is 5. The number of carbonyl (C=O) groups is 2. The van der Waals surface area contributed by atoms with Crippen LogP contribution in [0.3, 0.4) is 0 Å². The molecule has 4 rings (SSSR count). The second-order valence-corrected chi connectivity index (χ2v) is 7.79. The first-order valence-corrected chi connectivity index (χ1v) is 10.3. The van der Waals surface area contributed by atoms with Gasteiger partial charge in [-0.25, -0.2) is 0 Å². The Morgan fingerprint density at radius 3 is 2.34 bits per heavy atom. The number of ether oxygens (including phenoxy) is 1. The van der Waals surface area contributed by atoms with Crippen molar-refractivity contribution in [1.82, 2.24) is 0 Å². The summed E-state index contributed by atoms with van der Waals surface area (Å²) in [6.07, 6.45) is -0.0663. The third-order valence-electron chi connectivity index (χ3n) is 5.14. The van der Waals surface area contributed by atoms with E-state index >= 15 is 0 Å². The fourth-order valence-corrected chi connectivity index (χ4v) is 3.84. The van der Waals surface area contributed by atoms with Crippen molar-refractivity contribution in [3.05, 3.63) is 95.6 Å². The van der Waals surface area contributed by atoms with Gasteiger partial charge < -0.3 is 14.9 Å². The summed E-state index contributed by atoms with van der Waals surface area (Å²) in [5.41, 5.74) is 1.33. The molecule has 162 valence electrons. The Bertz CT molecular complexity index is 1200. The van der Waals surface area contributed by atoms with E-state index in [1.165, 1.54) is 17.0 Å². The molecule has 0 bridgehead atoms. The first kappa shape index (κ1) is 21.2. The van der Waals surface area contributed by atoms with E-state index in [1.54, 1.807) is 60.7 Å². The van der Waals surface area contributed by atoms with Gasteiger partial charge in [-0.05, 0) is 55.8 Å². The van der Waals surface area contributed by atoms with Gasteiger partial charge in [-0.15, -0.1) is 0 Å². The Morgan fingerprint density at radius 2 is 1.66 bits per heavy atom. The van der Waals surface area contributed by atoms with Crippen LogP contribution in [0.2, 0.25) is 0 Å². The topological polar surface area (TPSA) is 87.1 Å². The molecular formula is C26H23NO5. The summed E-state index contributed by atoms with van der Waals surface area (Å²) in [6, 6.07) is 21.0. The smallest absolute Gasteiger partial charge is 0.300 e. The Hall–Kier alpha value is -4.06. The minimum absolute atomic E-state index is 0.00604. The number of aliphatic hydroxyl groups is 1. The number of carbonyl (C=O) groups excluding carboxylic acids is 2. The first-order valence-electron chi connectivity index (χ1n) is 10.3. The molecule has 3 aromatic rings. The number of phenolic OH excluding ortho intramolecular Hbond substituents is 1. The third kappa shape index (κ3) is 3.95. The van der Waals surface area contributed by atoms with Gasteiger partial charge >= 0.3 is 0 Å². The fraction of sp³-hybridized carbons (Fsp3) is 0.154. The maximum absolute atomic E-state index is 13.1. The van der Waals surface area contributed by atoms with Gasteiger partial charge in [0.15, 0.2) is 0 Å². The second-order valence-electron chi connectivity index (χ2n) is 7.79. The minimum atomic E-state index is -0.904. The predicted molar refractivity (Wildman–Crippen MR) is 122 cm³/mol. The van der Waals surface area contributed by atoms with E-state index in [2.05, 4.69) is 0 Å². The Balaban J connectivity index is 1.91. The highest BCUT2D eigenvalue weighted by Gasteiger charge is 2.47. The van der Waals surface area contributed by atoms with Crippen molar-refractivity contribution in [1.29, 1.82) is 0 Å². The molecule has 1 aliphatic heterocycles. The number of para-hydroxylation sites is 1. The minimum Gasteiger partial charge on any atom is -0.508 e. The zero-order valence-electron chi connectivity index (χ0n) is 17.7. The second kappa shape index (κ2) is 8.59. The third-order valence-corrected chi connectivity index (χ3v) is 5.14. The van der Waals surface area contributed by atoms with Gasteiger partial charge in [0, 0.05) is 11.3 Å². The SMILES string of the molecule is CC(C)Oc1cccc(/C(O)=C2/C(=O)C(=O)N(c3ccccc3)C2c2cccc(O)c2)c1. The van der Waals surface area contributed by atoms with Crippen LogP contribution in [0.25, 0.3) is 5.76 Å². The number of ketones is 1. The van der Waals surface area contributed by atoms with Crippen LogP contribution in [-0.2, 0) is 9.59 Å². The summed E-state index contributed by atoms with van der Waals surface area (Å²) in [4.78, 5) is 27.6. The molecule has 0 radical (unpaired) electrons. The number of amides is 1. The molecule has 32 heavy (non-hydrogen) atoms. The zero-order chi connectivity index (χ0) is 22.8. The van der Waals surface area contributed by atoms with E-state index in [4.69, 9.17) is 4.74 Å². The number of hydrogen-bond acceptors (Lipinski definition) is 5. The van der Waals surface area contributed by atoms with Crippen molar-refractivity contribution in [2.24, 2.45) is 0 Å². The molecule has 1 heterocycles. The Kier molecular flexibility index (Phi) is 5.69. The summed E-state index contributed by atoms with van der Waals surface area (Å²) < 4.78 is 5.70. The summed E-state index contributed by atoms with van der Waals surface area (Å²) in [5, 5.41) is 21.2. The largest absolute Gasteiger partial charge is 0.508 e. The highest BCUT2D eigenvalue weighted by molar-refractivity contribution is 6.51. The van der Waals surface area contributed by atoms with Crippen LogP contribution in [0.1, 0.15) is 31.0 Å². The van der Waals surface area contributed by atoms with Crippen molar-refractivity contribution < 1.29 is 24.5 Å². The number of Topliss-reactive ketones (excluding diaryl/α,β-unsaturated/α-hetero) is 1. The number of nitrogens with zero attached hydrogens (tertiary/aromatic N) is 1. The average Bonchev–Trinajstić information content (AvgIpc) is 3.04. The molecule has 2 N–H and O–H groups in total. The van der Waals surface area contributed by atoms with E-state index in [9.17, 15) is 19.8 Å². The van der Waals surface area contributed by atoms with Gasteiger partial charge in [0.05, 0.1) is 17.7 Å². The normalized spacial score (nSPS) is 17.7. The van der Waals surface area contributed by atoms with Gasteiger partial charge in [-0.2, -0.15) is 0 Å². The number of anilines is 1. The quantitative estimate of drug-likeness (QED) is 0.345. The maximum atomic E-state index is 13.1. The van der Waals surface area contributed by atoms with Gasteiger partial charge in [0.1, 0.15) is 17.3 Å². The van der Waals surface area contributed by atoms with E-state index in [1.807, 2.05) is 19.9 Å². The van der Waals surface area contributed by atoms with Crippen LogP contribution in [0.4, 0.5) is 5.69 Å². The van der Waals surface area contributed by atoms with Gasteiger partial charge in [-0.3, -0.25) is 14.5 Å². The van der Waals surface area contributed by atoms with Crippen molar-refractivity contribution in [3.63, 3.8) is 0 Å². The molecule has 1 saturated heterocycles. The summed E-state index contributed by atoms with van der Waals surface area (Å²) in [7, 11) is 0. The summed E-state index contributed by atoms with van der Waals surface area (Å²) >= 11 is 0. The molecule has 1 fully saturated rings. The van der Waals surface area contributed by atoms with Gasteiger partial charge in [0.2, 0.25) is 0 Å². The van der Waals surface area contributed by atoms with Crippen molar-refractivity contribution in [2.45, 2.75) is 26.0 Å². The number of benzene rings is 3. The number of phenols is 1. The highest BCUT2D eigenvalue weighted by atomic mass is 16.5. The highest BCUT2D eigenvalue weighted by Crippen LogP contribution is 2.42. The van der Waals surface area contributed by atoms with E-state index in [0.717, 1.165) is 0 Å². The monoisotopic (exact) mass is 429 g/mol. The molecule has 1 aliphatic rings. The zero-order valence-corrected chi connectivity index (χ0v) is 17.7. The van der Waals surface area contributed by atoms with E-state index in [-0.39, 0.29) is 23.2 Å². The molecule has 6 nitrogen and oxygen atoms in total. The van der Waals surface area contributed by atoms with Crippen molar-refractivity contribution in [3.8, 4) is 11.5 Å². The fourth-order valence-electron chi connectivity index (χ4n) is 3.84. The molecule has 0 aliphatic carbocycles. The van der Waals surface area contributed by atoms with Gasteiger partial charge in [0.25, 0.3) is 11.7 Å². The molecule has 1 unspecified atom stereocenters. The van der Waals surface area contributed by atoms with Crippen LogP contribution in [0.5, 0.6) is 11.5 Å². The Morgan fingerprint density at radius 1 is 0.938 bits per heavy atom. The lowest BCUT2D eigenvalue weighted by Crippen LogP contribution is -2.29. The molecule has 0 spiro atoms. The predicted octanol–water partition coefficient (Wildman–Crippen LogP) is 4.81. The van der Waals surface area contributed by atoms with E-state index in [0.29, 0.717) is 22.6 Å². The van der Waals surface area contributed by atoms with Crippen LogP contribution in [0, 0.1) is 0 Å². The first-order chi connectivity index (χ1) is 15.4. The number of hydrogen-bond donors (Lipinski definition) is 2. The Labute approximate surface area is 186 Å². The maximum Gasteiger partial charge on any atom is 0.300 e. The standard InChI is InChI=1S/C26H23NO5/c1-16(2)32-21-13-7-9-18(15-21)24(29)22-23(17-8-6-12-20(28)14-17)27(26(31)25(22)30)19-10-4-3-5-11-19/h3-16,23,28-29H,1-2H3/b24-22-. The molecular weight excluding hydrogens is 406 g/mol. The lowest BCUT2D eigenvalue weighted by Gasteiger charge is -2.25. The van der Waals surface area contributed by atoms with Crippen molar-refractivity contribution in [2.75, 3.05) is 4.90 Å². The lowest BCUT2D eigenvalue weighted by atomic mass is 9.95. The average molecular weight is 429 g/mol. The molecule has 6 heteroatoms. The lowest BCUT2D eigenvalue weighted by molar-refractivity contribution is -0.132. The molecule has 1 atom stereocenters. The van der Waals surface area contributed by atoms with Crippen LogP contribution < -0.4 is 9.64 Å². The molecule has 0 aromatic heterocycles. The van der Waals surface area contributed by atoms with Crippen molar-refractivity contribution >= 4 is 23.1 Å². The van der Waals surface area contributed by atoms with Crippen LogP contribution in [0.15, 0.2) is 84.4 Å². The number of aromatic hydroxyl groups is 1. The molecule has 3 aromatic carbocycles. The summed E-state index contributed by atoms with van der Waals surface area (Å²) in [5.74, 6) is -1.32.